The second-order valence-corrected chi connectivity index (χ2v) is 5.96. The minimum atomic E-state index is 0.0558. The predicted molar refractivity (Wildman–Crippen MR) is 74.8 cm³/mol. The molecule has 2 amide bonds. The molecule has 0 aliphatic carbocycles. The first kappa shape index (κ1) is 12.7. The normalized spacial score (nSPS) is 22.6. The summed E-state index contributed by atoms with van der Waals surface area (Å²) in [5, 5.41) is 0. The van der Waals surface area contributed by atoms with Gasteiger partial charge in [0.15, 0.2) is 0 Å². The number of hydrogen-bond acceptors (Lipinski definition) is 2. The zero-order valence-corrected chi connectivity index (χ0v) is 12.1. The molecule has 0 N–H and O–H groups in total. The molecule has 0 bridgehead atoms. The number of carbonyl (C=O) groups is 2. The summed E-state index contributed by atoms with van der Waals surface area (Å²) in [6.45, 7) is 1.97. The Bertz CT molecular complexity index is 532. The number of piperazine rings is 1. The highest BCUT2D eigenvalue weighted by Crippen LogP contribution is 2.24. The number of halogens is 1. The molecule has 1 unspecified atom stereocenters. The van der Waals surface area contributed by atoms with Crippen LogP contribution in [0.5, 0.6) is 0 Å². The molecule has 2 saturated heterocycles. The van der Waals surface area contributed by atoms with Crippen molar-refractivity contribution in [2.75, 3.05) is 19.6 Å². The van der Waals surface area contributed by atoms with Crippen LogP contribution in [-0.2, 0) is 4.79 Å². The first-order valence-corrected chi connectivity index (χ1v) is 7.29. The average molecular weight is 323 g/mol. The Morgan fingerprint density at radius 2 is 2.16 bits per heavy atom. The maximum absolute atomic E-state index is 12.4. The van der Waals surface area contributed by atoms with Crippen LogP contribution in [0, 0.1) is 0 Å². The zero-order chi connectivity index (χ0) is 13.4. The van der Waals surface area contributed by atoms with Crippen LogP contribution in [0.1, 0.15) is 23.2 Å². The van der Waals surface area contributed by atoms with E-state index in [1.54, 1.807) is 0 Å². The van der Waals surface area contributed by atoms with Crippen molar-refractivity contribution in [2.45, 2.75) is 18.9 Å². The lowest BCUT2D eigenvalue weighted by Crippen LogP contribution is -2.53. The fourth-order valence-corrected chi connectivity index (χ4v) is 3.25. The summed E-state index contributed by atoms with van der Waals surface area (Å²) >= 11 is 3.38. The highest BCUT2D eigenvalue weighted by Gasteiger charge is 2.36. The van der Waals surface area contributed by atoms with Crippen molar-refractivity contribution in [1.82, 2.24) is 9.80 Å². The van der Waals surface area contributed by atoms with Gasteiger partial charge in [-0.2, -0.15) is 0 Å². The molecule has 0 saturated carbocycles. The van der Waals surface area contributed by atoms with Gasteiger partial charge in [0.25, 0.3) is 5.91 Å². The molecule has 2 heterocycles. The third-order valence-corrected chi connectivity index (χ3v) is 4.35. The monoisotopic (exact) mass is 322 g/mol. The Hall–Kier alpha value is -1.36. The first-order chi connectivity index (χ1) is 9.15. The van der Waals surface area contributed by atoms with E-state index in [0.717, 1.165) is 10.9 Å². The van der Waals surface area contributed by atoms with E-state index in [-0.39, 0.29) is 17.9 Å². The SMILES string of the molecule is O=C(c1cccc(Br)c1)N1CCN2C(=O)CCC2C1. The standard InChI is InChI=1S/C14H15BrN2O2/c15-11-3-1-2-10(8-11)14(19)16-6-7-17-12(9-16)4-5-13(17)18/h1-3,8,12H,4-7,9H2. The molecule has 0 aromatic heterocycles. The average Bonchev–Trinajstić information content (AvgIpc) is 2.79. The Kier molecular flexibility index (Phi) is 3.31. The van der Waals surface area contributed by atoms with Crippen molar-refractivity contribution < 1.29 is 9.59 Å². The molecule has 5 heteroatoms. The largest absolute Gasteiger partial charge is 0.336 e. The number of benzene rings is 1. The van der Waals surface area contributed by atoms with E-state index >= 15 is 0 Å². The van der Waals surface area contributed by atoms with Gasteiger partial charge in [-0.25, -0.2) is 0 Å². The Balaban J connectivity index is 1.74. The van der Waals surface area contributed by atoms with Crippen LogP contribution in [0.2, 0.25) is 0 Å². The van der Waals surface area contributed by atoms with Gasteiger partial charge in [-0.05, 0) is 24.6 Å². The summed E-state index contributed by atoms with van der Waals surface area (Å²) in [7, 11) is 0. The van der Waals surface area contributed by atoms with Crippen LogP contribution in [0.15, 0.2) is 28.7 Å². The number of rotatable bonds is 1. The molecule has 0 spiro atoms. The molecular weight excluding hydrogens is 308 g/mol. The van der Waals surface area contributed by atoms with E-state index in [9.17, 15) is 9.59 Å². The molecular formula is C14H15BrN2O2. The Morgan fingerprint density at radius 3 is 2.95 bits per heavy atom. The van der Waals surface area contributed by atoms with Crippen molar-refractivity contribution in [3.63, 3.8) is 0 Å². The van der Waals surface area contributed by atoms with E-state index in [2.05, 4.69) is 15.9 Å². The van der Waals surface area contributed by atoms with E-state index in [1.807, 2.05) is 34.1 Å². The van der Waals surface area contributed by atoms with Crippen molar-refractivity contribution in [2.24, 2.45) is 0 Å². The van der Waals surface area contributed by atoms with Crippen LogP contribution in [0.3, 0.4) is 0 Å². The molecule has 4 nitrogen and oxygen atoms in total. The van der Waals surface area contributed by atoms with Crippen LogP contribution in [0.4, 0.5) is 0 Å². The molecule has 1 aromatic rings. The topological polar surface area (TPSA) is 40.6 Å². The van der Waals surface area contributed by atoms with Gasteiger partial charge in [-0.3, -0.25) is 9.59 Å². The minimum Gasteiger partial charge on any atom is -0.336 e. The minimum absolute atomic E-state index is 0.0558. The summed E-state index contributed by atoms with van der Waals surface area (Å²) in [5.41, 5.74) is 0.701. The van der Waals surface area contributed by atoms with E-state index < -0.39 is 0 Å². The predicted octanol–water partition coefficient (Wildman–Crippen LogP) is 1.90. The number of carbonyl (C=O) groups excluding carboxylic acids is 2. The maximum atomic E-state index is 12.4. The van der Waals surface area contributed by atoms with Crippen LogP contribution in [-0.4, -0.2) is 47.3 Å². The van der Waals surface area contributed by atoms with E-state index in [1.165, 1.54) is 0 Å². The summed E-state index contributed by atoms with van der Waals surface area (Å²) < 4.78 is 0.910. The number of nitrogens with zero attached hydrogens (tertiary/aromatic N) is 2. The van der Waals surface area contributed by atoms with Gasteiger partial charge in [0.2, 0.25) is 5.91 Å². The van der Waals surface area contributed by atoms with Crippen LogP contribution in [0.25, 0.3) is 0 Å². The lowest BCUT2D eigenvalue weighted by atomic mass is 10.1. The molecule has 100 valence electrons. The maximum Gasteiger partial charge on any atom is 0.254 e. The molecule has 1 atom stereocenters. The highest BCUT2D eigenvalue weighted by atomic mass is 79.9. The molecule has 2 aliphatic rings. The fraction of sp³-hybridized carbons (Fsp3) is 0.429. The molecule has 3 rings (SSSR count). The molecule has 2 aliphatic heterocycles. The molecule has 0 radical (unpaired) electrons. The summed E-state index contributed by atoms with van der Waals surface area (Å²) in [5.74, 6) is 0.292. The number of fused-ring (bicyclic) bond motifs is 1. The Labute approximate surface area is 120 Å². The first-order valence-electron chi connectivity index (χ1n) is 6.49. The van der Waals surface area contributed by atoms with Crippen molar-refractivity contribution in [3.05, 3.63) is 34.3 Å². The van der Waals surface area contributed by atoms with Gasteiger partial charge in [0, 0.05) is 42.1 Å². The zero-order valence-electron chi connectivity index (χ0n) is 10.5. The van der Waals surface area contributed by atoms with Crippen LogP contribution >= 0.6 is 15.9 Å². The number of hydrogen-bond donors (Lipinski definition) is 0. The van der Waals surface area contributed by atoms with Gasteiger partial charge in [-0.1, -0.05) is 22.0 Å². The summed E-state index contributed by atoms with van der Waals surface area (Å²) in [6.07, 6.45) is 1.50. The summed E-state index contributed by atoms with van der Waals surface area (Å²) in [6, 6.07) is 7.67. The van der Waals surface area contributed by atoms with Crippen molar-refractivity contribution in [3.8, 4) is 0 Å². The lowest BCUT2D eigenvalue weighted by Gasteiger charge is -2.37. The van der Waals surface area contributed by atoms with E-state index in [0.29, 0.717) is 31.6 Å². The van der Waals surface area contributed by atoms with Gasteiger partial charge in [0.05, 0.1) is 0 Å². The lowest BCUT2D eigenvalue weighted by molar-refractivity contribution is -0.130. The second-order valence-electron chi connectivity index (χ2n) is 5.04. The smallest absolute Gasteiger partial charge is 0.254 e. The highest BCUT2D eigenvalue weighted by molar-refractivity contribution is 9.10. The van der Waals surface area contributed by atoms with Gasteiger partial charge in [0.1, 0.15) is 0 Å². The molecule has 19 heavy (non-hydrogen) atoms. The Morgan fingerprint density at radius 1 is 1.32 bits per heavy atom. The van der Waals surface area contributed by atoms with Gasteiger partial charge < -0.3 is 9.80 Å². The number of amides is 2. The van der Waals surface area contributed by atoms with Gasteiger partial charge >= 0.3 is 0 Å². The van der Waals surface area contributed by atoms with Crippen molar-refractivity contribution in [1.29, 1.82) is 0 Å². The third kappa shape index (κ3) is 2.39. The second kappa shape index (κ2) is 4.96. The fourth-order valence-electron chi connectivity index (χ4n) is 2.85. The van der Waals surface area contributed by atoms with Gasteiger partial charge in [-0.15, -0.1) is 0 Å². The quantitative estimate of drug-likeness (QED) is 0.792. The van der Waals surface area contributed by atoms with Crippen molar-refractivity contribution >= 4 is 27.7 Å². The van der Waals surface area contributed by atoms with E-state index in [4.69, 9.17) is 0 Å². The third-order valence-electron chi connectivity index (χ3n) is 3.85. The van der Waals surface area contributed by atoms with Crippen LogP contribution < -0.4 is 0 Å². The molecule has 2 fully saturated rings. The molecule has 1 aromatic carbocycles. The summed E-state index contributed by atoms with van der Waals surface area (Å²) in [4.78, 5) is 27.8.